The van der Waals surface area contributed by atoms with Crippen LogP contribution in [-0.4, -0.2) is 35.8 Å². The van der Waals surface area contributed by atoms with Gasteiger partial charge in [0.15, 0.2) is 0 Å². The highest BCUT2D eigenvalue weighted by atomic mass is 32.2. The van der Waals surface area contributed by atoms with Gasteiger partial charge in [0.05, 0.1) is 31.6 Å². The molecule has 1 amide bonds. The summed E-state index contributed by atoms with van der Waals surface area (Å²) >= 11 is 1.10. The molecule has 2 heterocycles. The molecule has 1 fully saturated rings. The minimum Gasteiger partial charge on any atom is -0.481 e. The molecule has 2 aromatic rings. The highest BCUT2D eigenvalue weighted by Crippen LogP contribution is 2.43. The van der Waals surface area contributed by atoms with E-state index in [-0.39, 0.29) is 34.9 Å². The number of hydrogen-bond donors (Lipinski definition) is 0. The fraction of sp³-hybridized carbons (Fsp3) is 0.267. The number of aromatic nitrogens is 2. The number of halogens is 2. The van der Waals surface area contributed by atoms with Crippen LogP contribution in [0, 0.1) is 11.6 Å². The number of carbonyl (C=O) groups is 1. The van der Waals surface area contributed by atoms with Crippen molar-refractivity contribution in [1.29, 1.82) is 0 Å². The zero-order chi connectivity index (χ0) is 17.3. The lowest BCUT2D eigenvalue weighted by molar-refractivity contribution is -0.115. The molecule has 0 aliphatic carbocycles. The van der Waals surface area contributed by atoms with Crippen LogP contribution < -0.4 is 14.4 Å². The topological polar surface area (TPSA) is 64.6 Å². The third-order valence-electron chi connectivity index (χ3n) is 3.42. The molecule has 0 N–H and O–H groups in total. The number of ether oxygens (including phenoxy) is 2. The van der Waals surface area contributed by atoms with Crippen LogP contribution in [-0.2, 0) is 4.79 Å². The molecule has 24 heavy (non-hydrogen) atoms. The summed E-state index contributed by atoms with van der Waals surface area (Å²) in [4.78, 5) is 21.6. The van der Waals surface area contributed by atoms with Gasteiger partial charge in [0, 0.05) is 0 Å². The monoisotopic (exact) mass is 353 g/mol. The Hall–Kier alpha value is -2.42. The molecule has 1 atom stereocenters. The second-order valence-electron chi connectivity index (χ2n) is 4.82. The Labute approximate surface area is 140 Å². The summed E-state index contributed by atoms with van der Waals surface area (Å²) in [5.74, 6) is -1.45. The third-order valence-corrected chi connectivity index (χ3v) is 4.59. The number of rotatable bonds is 4. The van der Waals surface area contributed by atoms with Crippen molar-refractivity contribution in [2.45, 2.75) is 5.37 Å². The standard InChI is InChI=1S/C15H13F2N3O3S/c1-22-10-6-11(23-2)19-15(18-10)20-12(21)7-24-14(20)13-8(16)4-3-5-9(13)17/h3-6,14H,7H2,1-2H3. The van der Waals surface area contributed by atoms with Crippen molar-refractivity contribution in [3.63, 3.8) is 0 Å². The second-order valence-corrected chi connectivity index (χ2v) is 5.88. The van der Waals surface area contributed by atoms with Crippen molar-refractivity contribution < 1.29 is 23.0 Å². The van der Waals surface area contributed by atoms with E-state index in [0.29, 0.717) is 0 Å². The Kier molecular flexibility index (Phi) is 4.52. The third kappa shape index (κ3) is 2.86. The molecule has 0 saturated carbocycles. The van der Waals surface area contributed by atoms with Gasteiger partial charge in [-0.25, -0.2) is 8.78 Å². The largest absolute Gasteiger partial charge is 0.481 e. The number of nitrogens with zero attached hydrogens (tertiary/aromatic N) is 3. The average molecular weight is 353 g/mol. The molecule has 3 rings (SSSR count). The van der Waals surface area contributed by atoms with Crippen LogP contribution in [0.25, 0.3) is 0 Å². The highest BCUT2D eigenvalue weighted by molar-refractivity contribution is 8.00. The molecule has 1 unspecified atom stereocenters. The molecule has 1 aromatic heterocycles. The van der Waals surface area contributed by atoms with E-state index in [1.54, 1.807) is 0 Å². The van der Waals surface area contributed by atoms with Gasteiger partial charge in [0.25, 0.3) is 0 Å². The summed E-state index contributed by atoms with van der Waals surface area (Å²) in [6.07, 6.45) is 0. The van der Waals surface area contributed by atoms with Crippen LogP contribution in [0.5, 0.6) is 11.8 Å². The van der Waals surface area contributed by atoms with Crippen LogP contribution >= 0.6 is 11.8 Å². The van der Waals surface area contributed by atoms with Gasteiger partial charge in [-0.15, -0.1) is 11.8 Å². The molecule has 0 radical (unpaired) electrons. The van der Waals surface area contributed by atoms with Crippen LogP contribution in [0.1, 0.15) is 10.9 Å². The molecule has 1 saturated heterocycles. The summed E-state index contributed by atoms with van der Waals surface area (Å²) in [7, 11) is 2.81. The molecule has 0 bridgehead atoms. The van der Waals surface area contributed by atoms with Gasteiger partial charge < -0.3 is 9.47 Å². The lowest BCUT2D eigenvalue weighted by Crippen LogP contribution is -2.30. The van der Waals surface area contributed by atoms with Gasteiger partial charge in [-0.05, 0) is 12.1 Å². The zero-order valence-corrected chi connectivity index (χ0v) is 13.6. The number of amides is 1. The van der Waals surface area contributed by atoms with E-state index in [4.69, 9.17) is 9.47 Å². The summed E-state index contributed by atoms with van der Waals surface area (Å²) in [5.41, 5.74) is -0.210. The molecule has 6 nitrogen and oxygen atoms in total. The first-order valence-corrected chi connectivity index (χ1v) is 7.94. The van der Waals surface area contributed by atoms with Crippen LogP contribution in [0.15, 0.2) is 24.3 Å². The minimum atomic E-state index is -0.907. The number of hydrogen-bond acceptors (Lipinski definition) is 6. The number of thioether (sulfide) groups is 1. The number of anilines is 1. The number of methoxy groups -OCH3 is 2. The maximum Gasteiger partial charge on any atom is 0.240 e. The molecule has 1 aromatic carbocycles. The van der Waals surface area contributed by atoms with E-state index in [1.165, 1.54) is 26.4 Å². The summed E-state index contributed by atoms with van der Waals surface area (Å²) in [6.45, 7) is 0. The Morgan fingerprint density at radius 3 is 2.29 bits per heavy atom. The van der Waals surface area contributed by atoms with Crippen LogP contribution in [0.2, 0.25) is 0 Å². The summed E-state index contributed by atoms with van der Waals surface area (Å²) in [6, 6.07) is 5.00. The van der Waals surface area contributed by atoms with Gasteiger partial charge in [0.1, 0.15) is 17.0 Å². The first-order chi connectivity index (χ1) is 11.5. The molecule has 0 spiro atoms. The lowest BCUT2D eigenvalue weighted by atomic mass is 10.2. The van der Waals surface area contributed by atoms with Gasteiger partial charge in [-0.3, -0.25) is 9.69 Å². The lowest BCUT2D eigenvalue weighted by Gasteiger charge is -2.23. The molecular formula is C15H13F2N3O3S. The van der Waals surface area contributed by atoms with Crippen molar-refractivity contribution in [3.05, 3.63) is 41.5 Å². The fourth-order valence-corrected chi connectivity index (χ4v) is 3.50. The zero-order valence-electron chi connectivity index (χ0n) is 12.8. The SMILES string of the molecule is COc1cc(OC)nc(N2C(=O)CSC2c2c(F)cccc2F)n1. The minimum absolute atomic E-state index is 0.0335. The Balaban J connectivity index is 2.09. The van der Waals surface area contributed by atoms with E-state index in [2.05, 4.69) is 9.97 Å². The van der Waals surface area contributed by atoms with Crippen molar-refractivity contribution in [3.8, 4) is 11.8 Å². The Morgan fingerprint density at radius 1 is 1.17 bits per heavy atom. The summed E-state index contributed by atoms with van der Waals surface area (Å²) < 4.78 is 38.4. The predicted octanol–water partition coefficient (Wildman–Crippen LogP) is 2.55. The average Bonchev–Trinajstić information content (AvgIpc) is 2.95. The van der Waals surface area contributed by atoms with E-state index < -0.39 is 17.0 Å². The Morgan fingerprint density at radius 2 is 1.75 bits per heavy atom. The maximum atomic E-state index is 14.1. The quantitative estimate of drug-likeness (QED) is 0.842. The molecule has 1 aliphatic rings. The predicted molar refractivity (Wildman–Crippen MR) is 84.2 cm³/mol. The van der Waals surface area contributed by atoms with E-state index in [1.807, 2.05) is 0 Å². The molecule has 126 valence electrons. The highest BCUT2D eigenvalue weighted by Gasteiger charge is 2.39. The van der Waals surface area contributed by atoms with E-state index >= 15 is 0 Å². The van der Waals surface area contributed by atoms with Gasteiger partial charge in [-0.2, -0.15) is 9.97 Å². The molecule has 1 aliphatic heterocycles. The molecular weight excluding hydrogens is 340 g/mol. The van der Waals surface area contributed by atoms with Crippen molar-refractivity contribution in [1.82, 2.24) is 9.97 Å². The van der Waals surface area contributed by atoms with E-state index in [0.717, 1.165) is 28.8 Å². The van der Waals surface area contributed by atoms with Crippen molar-refractivity contribution in [2.75, 3.05) is 24.9 Å². The van der Waals surface area contributed by atoms with Crippen molar-refractivity contribution in [2.24, 2.45) is 0 Å². The van der Waals surface area contributed by atoms with Gasteiger partial charge in [0.2, 0.25) is 23.6 Å². The number of benzene rings is 1. The Bertz CT molecular complexity index is 748. The van der Waals surface area contributed by atoms with Crippen LogP contribution in [0.4, 0.5) is 14.7 Å². The van der Waals surface area contributed by atoms with E-state index in [9.17, 15) is 13.6 Å². The smallest absolute Gasteiger partial charge is 0.240 e. The second kappa shape index (κ2) is 6.60. The normalized spacial score (nSPS) is 17.2. The van der Waals surface area contributed by atoms with Crippen molar-refractivity contribution >= 4 is 23.6 Å². The molecule has 9 heteroatoms. The fourth-order valence-electron chi connectivity index (χ4n) is 2.31. The van der Waals surface area contributed by atoms with Crippen LogP contribution in [0.3, 0.4) is 0 Å². The van der Waals surface area contributed by atoms with Gasteiger partial charge >= 0.3 is 0 Å². The first-order valence-electron chi connectivity index (χ1n) is 6.89. The van der Waals surface area contributed by atoms with Gasteiger partial charge in [-0.1, -0.05) is 6.07 Å². The maximum absolute atomic E-state index is 14.1. The number of carbonyl (C=O) groups excluding carboxylic acids is 1. The first kappa shape index (κ1) is 16.4. The summed E-state index contributed by atoms with van der Waals surface area (Å²) in [5, 5.41) is -0.907.